The second-order valence-electron chi connectivity index (χ2n) is 6.58. The van der Waals surface area contributed by atoms with E-state index < -0.39 is 5.60 Å². The monoisotopic (exact) mass is 352 g/mol. The van der Waals surface area contributed by atoms with Crippen LogP contribution in [0.5, 0.6) is 5.75 Å². The summed E-state index contributed by atoms with van der Waals surface area (Å²) in [5, 5.41) is 0.414. The van der Waals surface area contributed by atoms with Crippen LogP contribution in [0, 0.1) is 0 Å². The first-order valence-electron chi connectivity index (χ1n) is 8.45. The Morgan fingerprint density at radius 2 is 2.29 bits per heavy atom. The van der Waals surface area contributed by atoms with Gasteiger partial charge in [0.05, 0.1) is 25.5 Å². The Balaban J connectivity index is 1.51. The molecule has 1 aromatic rings. The molecule has 0 amide bonds. The fraction of sp³-hybridized carbons (Fsp3) is 0.647. The Labute approximate surface area is 146 Å². The van der Waals surface area contributed by atoms with E-state index in [4.69, 9.17) is 25.8 Å². The van der Waals surface area contributed by atoms with Crippen molar-refractivity contribution < 1.29 is 19.0 Å². The highest BCUT2D eigenvalue weighted by atomic mass is 35.5. The number of halogens is 1. The fourth-order valence-electron chi connectivity index (χ4n) is 3.70. The van der Waals surface area contributed by atoms with Gasteiger partial charge in [0.15, 0.2) is 0 Å². The van der Waals surface area contributed by atoms with E-state index in [1.165, 1.54) is 0 Å². The summed E-state index contributed by atoms with van der Waals surface area (Å²) < 4.78 is 17.6. The van der Waals surface area contributed by atoms with Crippen LogP contribution in [-0.2, 0) is 26.3 Å². The van der Waals surface area contributed by atoms with Crippen molar-refractivity contribution in [2.75, 3.05) is 46.1 Å². The summed E-state index contributed by atoms with van der Waals surface area (Å²) in [7, 11) is 0. The van der Waals surface area contributed by atoms with Crippen molar-refractivity contribution >= 4 is 17.4 Å². The first kappa shape index (κ1) is 16.3. The van der Waals surface area contributed by atoms with Gasteiger partial charge in [-0.3, -0.25) is 9.69 Å². The summed E-state index contributed by atoms with van der Waals surface area (Å²) in [5.41, 5.74) is 1.47. The van der Waals surface area contributed by atoms with Crippen molar-refractivity contribution in [2.24, 2.45) is 0 Å². The van der Waals surface area contributed by atoms with Crippen LogP contribution in [0.25, 0.3) is 0 Å². The van der Waals surface area contributed by atoms with E-state index >= 15 is 0 Å². The minimum absolute atomic E-state index is 0.305. The molecule has 1 aromatic heterocycles. The number of carbonyl (C=O) groups excluding carboxylic acids is 1. The third kappa shape index (κ3) is 3.04. The Morgan fingerprint density at radius 1 is 1.38 bits per heavy atom. The van der Waals surface area contributed by atoms with Gasteiger partial charge in [-0.2, -0.15) is 0 Å². The fourth-order valence-corrected chi connectivity index (χ4v) is 3.88. The largest absolute Gasteiger partial charge is 0.492 e. The molecule has 1 spiro atoms. The lowest BCUT2D eigenvalue weighted by Crippen LogP contribution is -2.37. The highest BCUT2D eigenvalue weighted by Gasteiger charge is 2.44. The Morgan fingerprint density at radius 3 is 3.04 bits per heavy atom. The van der Waals surface area contributed by atoms with E-state index in [0.29, 0.717) is 50.3 Å². The number of carbonyl (C=O) groups is 1. The smallest absolute Gasteiger partial charge is 0.148 e. The van der Waals surface area contributed by atoms with Crippen LogP contribution < -0.4 is 4.74 Å². The molecule has 4 heterocycles. The maximum atomic E-state index is 11.3. The molecule has 0 N–H and O–H groups in total. The van der Waals surface area contributed by atoms with Gasteiger partial charge in [0.25, 0.3) is 0 Å². The summed E-state index contributed by atoms with van der Waals surface area (Å²) in [5.74, 6) is 1.09. The molecule has 0 radical (unpaired) electrons. The van der Waals surface area contributed by atoms with Gasteiger partial charge in [-0.25, -0.2) is 4.98 Å². The standard InChI is InChI=1S/C17H21ClN2O4/c18-15-9-14(23-8-5-20-4-1-12(21)10-20)13-2-6-24-17(16(13)19-15)3-7-22-11-17/h9H,1-8,10-11H2. The average Bonchev–Trinajstić information content (AvgIpc) is 3.18. The van der Waals surface area contributed by atoms with Gasteiger partial charge in [0.2, 0.25) is 0 Å². The topological polar surface area (TPSA) is 60.9 Å². The molecule has 1 atom stereocenters. The van der Waals surface area contributed by atoms with Crippen molar-refractivity contribution in [1.82, 2.24) is 9.88 Å². The third-order valence-electron chi connectivity index (χ3n) is 4.97. The molecular formula is C17H21ClN2O4. The lowest BCUT2D eigenvalue weighted by atomic mass is 9.90. The van der Waals surface area contributed by atoms with Crippen molar-refractivity contribution in [1.29, 1.82) is 0 Å². The Kier molecular flexibility index (Phi) is 4.47. The van der Waals surface area contributed by atoms with E-state index in [1.807, 2.05) is 0 Å². The van der Waals surface area contributed by atoms with Gasteiger partial charge in [-0.1, -0.05) is 11.6 Å². The molecule has 6 nitrogen and oxygen atoms in total. The van der Waals surface area contributed by atoms with Gasteiger partial charge in [0.1, 0.15) is 28.9 Å². The maximum Gasteiger partial charge on any atom is 0.148 e. The molecule has 3 aliphatic heterocycles. The first-order valence-corrected chi connectivity index (χ1v) is 8.83. The van der Waals surface area contributed by atoms with E-state index in [-0.39, 0.29) is 0 Å². The number of likely N-dealkylation sites (tertiary alicyclic amines) is 1. The molecule has 3 aliphatic rings. The maximum absolute atomic E-state index is 11.3. The first-order chi connectivity index (χ1) is 11.7. The zero-order chi connectivity index (χ0) is 16.6. The summed E-state index contributed by atoms with van der Waals surface area (Å²) >= 11 is 6.23. The van der Waals surface area contributed by atoms with Crippen molar-refractivity contribution in [3.05, 3.63) is 22.5 Å². The third-order valence-corrected chi connectivity index (χ3v) is 5.17. The number of fused-ring (bicyclic) bond motifs is 2. The zero-order valence-electron chi connectivity index (χ0n) is 13.6. The number of pyridine rings is 1. The normalized spacial score (nSPS) is 27.0. The van der Waals surface area contributed by atoms with Crippen molar-refractivity contribution in [2.45, 2.75) is 24.9 Å². The zero-order valence-corrected chi connectivity index (χ0v) is 14.3. The van der Waals surface area contributed by atoms with Gasteiger partial charge >= 0.3 is 0 Å². The highest BCUT2D eigenvalue weighted by molar-refractivity contribution is 6.29. The van der Waals surface area contributed by atoms with Crippen molar-refractivity contribution in [3.63, 3.8) is 0 Å². The number of rotatable bonds is 4. The summed E-state index contributed by atoms with van der Waals surface area (Å²) in [6.45, 7) is 4.46. The van der Waals surface area contributed by atoms with Gasteiger partial charge < -0.3 is 14.2 Å². The van der Waals surface area contributed by atoms with Crippen LogP contribution in [0.1, 0.15) is 24.1 Å². The van der Waals surface area contributed by atoms with E-state index in [0.717, 1.165) is 42.9 Å². The highest BCUT2D eigenvalue weighted by Crippen LogP contribution is 2.42. The number of hydrogen-bond acceptors (Lipinski definition) is 6. The van der Waals surface area contributed by atoms with E-state index in [9.17, 15) is 4.79 Å². The van der Waals surface area contributed by atoms with Crippen LogP contribution in [0.3, 0.4) is 0 Å². The molecule has 7 heteroatoms. The molecule has 4 rings (SSSR count). The summed E-state index contributed by atoms with van der Waals surface area (Å²) in [6, 6.07) is 1.78. The number of nitrogens with zero attached hydrogens (tertiary/aromatic N) is 2. The van der Waals surface area contributed by atoms with Gasteiger partial charge in [-0.15, -0.1) is 0 Å². The predicted octanol–water partition coefficient (Wildman–Crippen LogP) is 1.58. The average molecular weight is 353 g/mol. The lowest BCUT2D eigenvalue weighted by molar-refractivity contribution is -0.116. The molecule has 0 aromatic carbocycles. The lowest BCUT2D eigenvalue weighted by Gasteiger charge is -2.34. The molecule has 2 saturated heterocycles. The Bertz CT molecular complexity index is 646. The number of Topliss-reactive ketones (excluding diaryl/α,β-unsaturated/α-hetero) is 1. The van der Waals surface area contributed by atoms with E-state index in [2.05, 4.69) is 9.88 Å². The minimum Gasteiger partial charge on any atom is -0.492 e. The van der Waals surface area contributed by atoms with Crippen LogP contribution in [-0.4, -0.2) is 61.7 Å². The van der Waals surface area contributed by atoms with E-state index in [1.54, 1.807) is 6.07 Å². The molecule has 1 unspecified atom stereocenters. The molecular weight excluding hydrogens is 332 g/mol. The number of ketones is 1. The number of ether oxygens (including phenoxy) is 3. The number of aromatic nitrogens is 1. The predicted molar refractivity (Wildman–Crippen MR) is 87.6 cm³/mol. The molecule has 0 bridgehead atoms. The molecule has 130 valence electrons. The Hall–Kier alpha value is -1.21. The van der Waals surface area contributed by atoms with Crippen LogP contribution >= 0.6 is 11.6 Å². The molecule has 0 aliphatic carbocycles. The van der Waals surface area contributed by atoms with Crippen LogP contribution in [0.4, 0.5) is 0 Å². The molecule has 24 heavy (non-hydrogen) atoms. The molecule has 0 saturated carbocycles. The second kappa shape index (κ2) is 6.59. The SMILES string of the molecule is O=C1CCN(CCOc2cc(Cl)nc3c2CCOC32CCOC2)C1. The number of hydrogen-bond donors (Lipinski definition) is 0. The van der Waals surface area contributed by atoms with Crippen molar-refractivity contribution in [3.8, 4) is 5.75 Å². The van der Waals surface area contributed by atoms with Gasteiger partial charge in [-0.05, 0) is 0 Å². The molecule has 2 fully saturated rings. The minimum atomic E-state index is -0.474. The summed E-state index contributed by atoms with van der Waals surface area (Å²) in [6.07, 6.45) is 2.21. The summed E-state index contributed by atoms with van der Waals surface area (Å²) in [4.78, 5) is 18.0. The quantitative estimate of drug-likeness (QED) is 0.767. The van der Waals surface area contributed by atoms with Crippen LogP contribution in [0.15, 0.2) is 6.07 Å². The van der Waals surface area contributed by atoms with Crippen LogP contribution in [0.2, 0.25) is 5.15 Å². The van der Waals surface area contributed by atoms with Gasteiger partial charge in [0, 0.05) is 50.6 Å². The second-order valence-corrected chi connectivity index (χ2v) is 6.97.